The van der Waals surface area contributed by atoms with Gasteiger partial charge in [0.15, 0.2) is 0 Å². The SMILES string of the molecule is Cc1cc(Cl)ccc1NCC(=O)NCc1cccnc1. The maximum Gasteiger partial charge on any atom is 0.239 e. The van der Waals surface area contributed by atoms with Crippen LogP contribution in [0.5, 0.6) is 0 Å². The summed E-state index contributed by atoms with van der Waals surface area (Å²) in [6, 6.07) is 9.29. The average molecular weight is 290 g/mol. The molecule has 104 valence electrons. The number of hydrogen-bond acceptors (Lipinski definition) is 3. The molecule has 0 aliphatic rings. The third-order valence-electron chi connectivity index (χ3n) is 2.84. The van der Waals surface area contributed by atoms with Gasteiger partial charge in [0.05, 0.1) is 6.54 Å². The molecule has 2 rings (SSSR count). The van der Waals surface area contributed by atoms with Crippen molar-refractivity contribution < 1.29 is 4.79 Å². The molecule has 1 aromatic carbocycles. The highest BCUT2D eigenvalue weighted by atomic mass is 35.5. The zero-order valence-electron chi connectivity index (χ0n) is 11.2. The normalized spacial score (nSPS) is 10.1. The first-order valence-corrected chi connectivity index (χ1v) is 6.68. The van der Waals surface area contributed by atoms with Gasteiger partial charge in [-0.2, -0.15) is 0 Å². The van der Waals surface area contributed by atoms with Gasteiger partial charge in [0.2, 0.25) is 5.91 Å². The van der Waals surface area contributed by atoms with E-state index >= 15 is 0 Å². The minimum Gasteiger partial charge on any atom is -0.376 e. The number of amides is 1. The standard InChI is InChI=1S/C15H16ClN3O/c1-11-7-13(16)4-5-14(11)18-10-15(20)19-9-12-3-2-6-17-8-12/h2-8,18H,9-10H2,1H3,(H,19,20). The maximum atomic E-state index is 11.7. The number of anilines is 1. The lowest BCUT2D eigenvalue weighted by molar-refractivity contribution is -0.119. The van der Waals surface area contributed by atoms with Gasteiger partial charge in [-0.1, -0.05) is 17.7 Å². The zero-order chi connectivity index (χ0) is 14.4. The highest BCUT2D eigenvalue weighted by molar-refractivity contribution is 6.30. The number of carbonyl (C=O) groups is 1. The van der Waals surface area contributed by atoms with Gasteiger partial charge >= 0.3 is 0 Å². The number of nitrogens with zero attached hydrogens (tertiary/aromatic N) is 1. The van der Waals surface area contributed by atoms with E-state index in [0.717, 1.165) is 16.8 Å². The molecule has 0 radical (unpaired) electrons. The molecule has 5 heteroatoms. The fourth-order valence-electron chi connectivity index (χ4n) is 1.77. The molecule has 0 unspecified atom stereocenters. The Morgan fingerprint density at radius 1 is 1.35 bits per heavy atom. The van der Waals surface area contributed by atoms with Gasteiger partial charge in [0.1, 0.15) is 0 Å². The van der Waals surface area contributed by atoms with Crippen LogP contribution >= 0.6 is 11.6 Å². The topological polar surface area (TPSA) is 54.0 Å². The van der Waals surface area contributed by atoms with Crippen LogP contribution in [0.1, 0.15) is 11.1 Å². The van der Waals surface area contributed by atoms with Crippen LogP contribution in [0.25, 0.3) is 0 Å². The van der Waals surface area contributed by atoms with E-state index in [1.165, 1.54) is 0 Å². The smallest absolute Gasteiger partial charge is 0.239 e. The molecule has 0 saturated carbocycles. The summed E-state index contributed by atoms with van der Waals surface area (Å²) in [6.45, 7) is 2.65. The molecule has 0 bridgehead atoms. The Hall–Kier alpha value is -2.07. The van der Waals surface area contributed by atoms with Gasteiger partial charge < -0.3 is 10.6 Å². The number of aryl methyl sites for hydroxylation is 1. The van der Waals surface area contributed by atoms with Crippen molar-refractivity contribution in [1.29, 1.82) is 0 Å². The molecule has 0 spiro atoms. The van der Waals surface area contributed by atoms with Gasteiger partial charge in [0.25, 0.3) is 0 Å². The van der Waals surface area contributed by atoms with E-state index in [1.807, 2.05) is 31.2 Å². The lowest BCUT2D eigenvalue weighted by Crippen LogP contribution is -2.29. The van der Waals surface area contributed by atoms with Crippen molar-refractivity contribution in [2.75, 3.05) is 11.9 Å². The van der Waals surface area contributed by atoms with Crippen molar-refractivity contribution in [1.82, 2.24) is 10.3 Å². The number of aromatic nitrogens is 1. The predicted molar refractivity (Wildman–Crippen MR) is 80.8 cm³/mol. The number of carbonyl (C=O) groups excluding carboxylic acids is 1. The number of benzene rings is 1. The van der Waals surface area contributed by atoms with Gasteiger partial charge in [-0.15, -0.1) is 0 Å². The third-order valence-corrected chi connectivity index (χ3v) is 3.08. The summed E-state index contributed by atoms with van der Waals surface area (Å²) in [5.41, 5.74) is 2.90. The molecule has 20 heavy (non-hydrogen) atoms. The van der Waals surface area contributed by atoms with Crippen molar-refractivity contribution in [3.63, 3.8) is 0 Å². The Bertz CT molecular complexity index is 587. The summed E-state index contributed by atoms with van der Waals surface area (Å²) >= 11 is 5.88. The molecule has 1 heterocycles. The Morgan fingerprint density at radius 3 is 2.90 bits per heavy atom. The van der Waals surface area contributed by atoms with Crippen molar-refractivity contribution >= 4 is 23.2 Å². The van der Waals surface area contributed by atoms with Gasteiger partial charge in [-0.25, -0.2) is 0 Å². The van der Waals surface area contributed by atoms with Crippen LogP contribution in [0.2, 0.25) is 5.02 Å². The monoisotopic (exact) mass is 289 g/mol. The Balaban J connectivity index is 1.80. The number of hydrogen-bond donors (Lipinski definition) is 2. The van der Waals surface area contributed by atoms with E-state index in [1.54, 1.807) is 18.5 Å². The maximum absolute atomic E-state index is 11.7. The fourth-order valence-corrected chi connectivity index (χ4v) is 1.99. The third kappa shape index (κ3) is 4.24. The quantitative estimate of drug-likeness (QED) is 0.890. The molecule has 0 atom stereocenters. The molecule has 1 amide bonds. The average Bonchev–Trinajstić information content (AvgIpc) is 2.45. The van der Waals surface area contributed by atoms with E-state index in [9.17, 15) is 4.79 Å². The van der Waals surface area contributed by atoms with Crippen LogP contribution in [0.3, 0.4) is 0 Å². The highest BCUT2D eigenvalue weighted by Gasteiger charge is 2.03. The molecular weight excluding hydrogens is 274 g/mol. The molecule has 0 aliphatic heterocycles. The van der Waals surface area contributed by atoms with E-state index in [0.29, 0.717) is 11.6 Å². The summed E-state index contributed by atoms with van der Waals surface area (Å²) in [4.78, 5) is 15.7. The largest absolute Gasteiger partial charge is 0.376 e. The van der Waals surface area contributed by atoms with Crippen LogP contribution in [-0.2, 0) is 11.3 Å². The van der Waals surface area contributed by atoms with E-state index in [2.05, 4.69) is 15.6 Å². The van der Waals surface area contributed by atoms with Crippen LogP contribution < -0.4 is 10.6 Å². The van der Waals surface area contributed by atoms with Crippen molar-refractivity contribution in [2.45, 2.75) is 13.5 Å². The Kier molecular flexibility index (Phi) is 4.96. The Labute approximate surface area is 123 Å². The van der Waals surface area contributed by atoms with Crippen LogP contribution in [-0.4, -0.2) is 17.4 Å². The van der Waals surface area contributed by atoms with Crippen molar-refractivity contribution in [3.05, 3.63) is 58.9 Å². The van der Waals surface area contributed by atoms with Crippen LogP contribution in [0.4, 0.5) is 5.69 Å². The summed E-state index contributed by atoms with van der Waals surface area (Å²) in [6.07, 6.45) is 3.44. The minimum absolute atomic E-state index is 0.0665. The van der Waals surface area contributed by atoms with E-state index < -0.39 is 0 Å². The van der Waals surface area contributed by atoms with Crippen LogP contribution in [0, 0.1) is 6.92 Å². The first-order chi connectivity index (χ1) is 9.65. The summed E-state index contributed by atoms with van der Waals surface area (Å²) in [5, 5.41) is 6.61. The molecule has 2 aromatic rings. The second-order valence-corrected chi connectivity index (χ2v) is 4.89. The lowest BCUT2D eigenvalue weighted by atomic mass is 10.2. The van der Waals surface area contributed by atoms with Crippen LogP contribution in [0.15, 0.2) is 42.7 Å². The van der Waals surface area contributed by atoms with Gasteiger partial charge in [-0.3, -0.25) is 9.78 Å². The molecule has 0 aliphatic carbocycles. The molecule has 4 nitrogen and oxygen atoms in total. The lowest BCUT2D eigenvalue weighted by Gasteiger charge is -2.10. The van der Waals surface area contributed by atoms with Crippen molar-refractivity contribution in [3.8, 4) is 0 Å². The number of halogens is 1. The van der Waals surface area contributed by atoms with E-state index in [-0.39, 0.29) is 12.5 Å². The minimum atomic E-state index is -0.0665. The highest BCUT2D eigenvalue weighted by Crippen LogP contribution is 2.19. The molecular formula is C15H16ClN3O. The van der Waals surface area contributed by atoms with Gasteiger partial charge in [0, 0.05) is 29.6 Å². The first kappa shape index (κ1) is 14.3. The Morgan fingerprint density at radius 2 is 2.20 bits per heavy atom. The predicted octanol–water partition coefficient (Wildman–Crippen LogP) is 2.77. The summed E-state index contributed by atoms with van der Waals surface area (Å²) in [7, 11) is 0. The number of pyridine rings is 1. The van der Waals surface area contributed by atoms with E-state index in [4.69, 9.17) is 11.6 Å². The second kappa shape index (κ2) is 6.91. The van der Waals surface area contributed by atoms with Crippen molar-refractivity contribution in [2.24, 2.45) is 0 Å². The summed E-state index contributed by atoms with van der Waals surface area (Å²) < 4.78 is 0. The first-order valence-electron chi connectivity index (χ1n) is 6.31. The number of nitrogens with one attached hydrogen (secondary N) is 2. The second-order valence-electron chi connectivity index (χ2n) is 4.45. The molecule has 0 fully saturated rings. The summed E-state index contributed by atoms with van der Waals surface area (Å²) in [5.74, 6) is -0.0665. The fraction of sp³-hybridized carbons (Fsp3) is 0.200. The molecule has 2 N–H and O–H groups in total. The molecule has 0 saturated heterocycles. The number of rotatable bonds is 5. The zero-order valence-corrected chi connectivity index (χ0v) is 11.9. The van der Waals surface area contributed by atoms with Gasteiger partial charge in [-0.05, 0) is 42.3 Å². The molecule has 1 aromatic heterocycles.